The highest BCUT2D eigenvalue weighted by Gasteiger charge is 2.12. The third-order valence-electron chi connectivity index (χ3n) is 1.93. The lowest BCUT2D eigenvalue weighted by Crippen LogP contribution is -1.81. The highest BCUT2D eigenvalue weighted by Crippen LogP contribution is 2.24. The summed E-state index contributed by atoms with van der Waals surface area (Å²) >= 11 is 0. The average molecular weight is 202 g/mol. The Labute approximate surface area is 85.8 Å². The van der Waals surface area contributed by atoms with Gasteiger partial charge in [-0.15, -0.1) is 0 Å². The Hall–Kier alpha value is -2.15. The van der Waals surface area contributed by atoms with Crippen LogP contribution in [0.25, 0.3) is 11.3 Å². The number of aromatic nitrogens is 1. The van der Waals surface area contributed by atoms with Crippen molar-refractivity contribution in [3.8, 4) is 17.4 Å². The van der Waals surface area contributed by atoms with E-state index in [2.05, 4.69) is 4.98 Å². The molecule has 0 atom stereocenters. The van der Waals surface area contributed by atoms with Crippen LogP contribution in [0, 0.1) is 24.1 Å². The third-order valence-corrected chi connectivity index (χ3v) is 1.93. The molecule has 74 valence electrons. The summed E-state index contributed by atoms with van der Waals surface area (Å²) in [6.07, 6.45) is 0. The molecule has 2 rings (SSSR count). The molecule has 1 aromatic heterocycles. The summed E-state index contributed by atoms with van der Waals surface area (Å²) in [7, 11) is 0. The van der Waals surface area contributed by atoms with Crippen LogP contribution in [0.4, 0.5) is 4.39 Å². The minimum Gasteiger partial charge on any atom is -0.440 e. The van der Waals surface area contributed by atoms with E-state index in [1.54, 1.807) is 19.1 Å². The van der Waals surface area contributed by atoms with Gasteiger partial charge in [-0.3, -0.25) is 0 Å². The average Bonchev–Trinajstić information content (AvgIpc) is 2.59. The van der Waals surface area contributed by atoms with Gasteiger partial charge in [-0.2, -0.15) is 5.26 Å². The summed E-state index contributed by atoms with van der Waals surface area (Å²) in [6, 6.07) is 7.78. The van der Waals surface area contributed by atoms with Gasteiger partial charge >= 0.3 is 0 Å². The van der Waals surface area contributed by atoms with Crippen LogP contribution >= 0.6 is 0 Å². The van der Waals surface area contributed by atoms with E-state index in [0.717, 1.165) is 0 Å². The molecule has 1 heterocycles. The van der Waals surface area contributed by atoms with Gasteiger partial charge in [-0.25, -0.2) is 9.37 Å². The number of benzene rings is 1. The lowest BCUT2D eigenvalue weighted by Gasteiger charge is -1.95. The van der Waals surface area contributed by atoms with E-state index in [1.165, 1.54) is 12.1 Å². The van der Waals surface area contributed by atoms with Gasteiger partial charge in [0.15, 0.2) is 17.3 Å². The normalized spacial score (nSPS) is 9.93. The molecule has 15 heavy (non-hydrogen) atoms. The van der Waals surface area contributed by atoms with Gasteiger partial charge in [0.25, 0.3) is 0 Å². The molecule has 0 spiro atoms. The Balaban J connectivity index is 2.59. The molecule has 2 aromatic rings. The predicted molar refractivity (Wildman–Crippen MR) is 51.3 cm³/mol. The number of hydrogen-bond donors (Lipinski definition) is 0. The first kappa shape index (κ1) is 9.41. The molecule has 0 saturated carbocycles. The Kier molecular flexibility index (Phi) is 2.22. The quantitative estimate of drug-likeness (QED) is 0.714. The standard InChI is InChI=1S/C11H7FN2O/c1-7-14-10(6-13)11(15-7)8-3-2-4-9(12)5-8/h2-5H,1H3. The van der Waals surface area contributed by atoms with Crippen LogP contribution in [-0.2, 0) is 0 Å². The largest absolute Gasteiger partial charge is 0.440 e. The molecule has 0 saturated heterocycles. The Morgan fingerprint density at radius 3 is 2.93 bits per heavy atom. The summed E-state index contributed by atoms with van der Waals surface area (Å²) < 4.78 is 18.2. The van der Waals surface area contributed by atoms with Gasteiger partial charge in [-0.05, 0) is 12.1 Å². The lowest BCUT2D eigenvalue weighted by atomic mass is 10.1. The molecular weight excluding hydrogens is 195 g/mol. The van der Waals surface area contributed by atoms with Gasteiger partial charge in [0.05, 0.1) is 0 Å². The SMILES string of the molecule is Cc1nc(C#N)c(-c2cccc(F)c2)o1. The monoisotopic (exact) mass is 202 g/mol. The number of aryl methyl sites for hydroxylation is 1. The van der Waals surface area contributed by atoms with Crippen LogP contribution in [0.2, 0.25) is 0 Å². The fraction of sp³-hybridized carbons (Fsp3) is 0.0909. The zero-order valence-electron chi connectivity index (χ0n) is 7.99. The predicted octanol–water partition coefficient (Wildman–Crippen LogP) is 2.66. The van der Waals surface area contributed by atoms with E-state index in [1.807, 2.05) is 6.07 Å². The third kappa shape index (κ3) is 1.72. The summed E-state index contributed by atoms with van der Waals surface area (Å²) in [5.74, 6) is 0.339. The molecule has 0 amide bonds. The molecule has 0 aliphatic rings. The van der Waals surface area contributed by atoms with Crippen molar-refractivity contribution < 1.29 is 8.81 Å². The molecule has 1 aromatic carbocycles. The second-order valence-electron chi connectivity index (χ2n) is 3.03. The van der Waals surface area contributed by atoms with Crippen LogP contribution in [0.3, 0.4) is 0 Å². The van der Waals surface area contributed by atoms with Crippen LogP contribution < -0.4 is 0 Å². The summed E-state index contributed by atoms with van der Waals surface area (Å²) in [4.78, 5) is 3.88. The molecule has 0 aliphatic heterocycles. The van der Waals surface area contributed by atoms with E-state index in [0.29, 0.717) is 17.2 Å². The summed E-state index contributed by atoms with van der Waals surface area (Å²) in [5.41, 5.74) is 0.699. The fourth-order valence-corrected chi connectivity index (χ4v) is 1.33. The zero-order chi connectivity index (χ0) is 10.8. The molecule has 0 fully saturated rings. The molecule has 0 unspecified atom stereocenters. The number of rotatable bonds is 1. The van der Waals surface area contributed by atoms with Crippen LogP contribution in [-0.4, -0.2) is 4.98 Å². The van der Waals surface area contributed by atoms with Gasteiger partial charge in [0.1, 0.15) is 11.9 Å². The van der Waals surface area contributed by atoms with E-state index >= 15 is 0 Å². The topological polar surface area (TPSA) is 49.8 Å². The van der Waals surface area contributed by atoms with Crippen molar-refractivity contribution >= 4 is 0 Å². The van der Waals surface area contributed by atoms with Crippen LogP contribution in [0.5, 0.6) is 0 Å². The number of nitriles is 1. The first-order valence-corrected chi connectivity index (χ1v) is 4.34. The number of oxazole rings is 1. The minimum absolute atomic E-state index is 0.179. The van der Waals surface area contributed by atoms with Gasteiger partial charge < -0.3 is 4.42 Å². The highest BCUT2D eigenvalue weighted by atomic mass is 19.1. The van der Waals surface area contributed by atoms with E-state index in [9.17, 15) is 4.39 Å². The second-order valence-corrected chi connectivity index (χ2v) is 3.03. The first-order valence-electron chi connectivity index (χ1n) is 4.34. The van der Waals surface area contributed by atoms with Crippen LogP contribution in [0.15, 0.2) is 28.7 Å². The van der Waals surface area contributed by atoms with E-state index in [-0.39, 0.29) is 11.5 Å². The lowest BCUT2D eigenvalue weighted by molar-refractivity contribution is 0.533. The Morgan fingerprint density at radius 2 is 2.27 bits per heavy atom. The second kappa shape index (κ2) is 3.54. The maximum Gasteiger partial charge on any atom is 0.193 e. The molecule has 0 radical (unpaired) electrons. The molecular formula is C11H7FN2O. The zero-order valence-corrected chi connectivity index (χ0v) is 7.99. The number of nitrogens with zero attached hydrogens (tertiary/aromatic N) is 2. The molecule has 0 aliphatic carbocycles. The van der Waals surface area contributed by atoms with Crippen molar-refractivity contribution in [2.45, 2.75) is 6.92 Å². The minimum atomic E-state index is -0.370. The molecule has 4 heteroatoms. The molecule has 3 nitrogen and oxygen atoms in total. The van der Waals surface area contributed by atoms with E-state index < -0.39 is 0 Å². The Morgan fingerprint density at radius 1 is 1.47 bits per heavy atom. The van der Waals surface area contributed by atoms with E-state index in [4.69, 9.17) is 9.68 Å². The van der Waals surface area contributed by atoms with Crippen LogP contribution in [0.1, 0.15) is 11.6 Å². The van der Waals surface area contributed by atoms with Crippen molar-refractivity contribution in [2.24, 2.45) is 0 Å². The van der Waals surface area contributed by atoms with Gasteiger partial charge in [0, 0.05) is 12.5 Å². The molecule has 0 N–H and O–H groups in total. The number of halogens is 1. The summed E-state index contributed by atoms with van der Waals surface area (Å²) in [6.45, 7) is 1.64. The van der Waals surface area contributed by atoms with Crippen molar-refractivity contribution in [3.63, 3.8) is 0 Å². The summed E-state index contributed by atoms with van der Waals surface area (Å²) in [5, 5.41) is 8.80. The first-order chi connectivity index (χ1) is 7.20. The van der Waals surface area contributed by atoms with Gasteiger partial charge in [-0.1, -0.05) is 12.1 Å². The van der Waals surface area contributed by atoms with Gasteiger partial charge in [0.2, 0.25) is 0 Å². The number of hydrogen-bond acceptors (Lipinski definition) is 3. The van der Waals surface area contributed by atoms with Crippen molar-refractivity contribution in [1.82, 2.24) is 4.98 Å². The van der Waals surface area contributed by atoms with Crippen molar-refractivity contribution in [3.05, 3.63) is 41.7 Å². The maximum atomic E-state index is 13.0. The smallest absolute Gasteiger partial charge is 0.193 e. The Bertz CT molecular complexity index is 540. The van der Waals surface area contributed by atoms with Crippen molar-refractivity contribution in [1.29, 1.82) is 5.26 Å². The molecule has 0 bridgehead atoms. The fourth-order valence-electron chi connectivity index (χ4n) is 1.33. The highest BCUT2D eigenvalue weighted by molar-refractivity contribution is 5.62. The maximum absolute atomic E-state index is 13.0. The van der Waals surface area contributed by atoms with Crippen molar-refractivity contribution in [2.75, 3.05) is 0 Å².